The van der Waals surface area contributed by atoms with Crippen LogP contribution in [0.2, 0.25) is 0 Å². The Bertz CT molecular complexity index is 624. The van der Waals surface area contributed by atoms with Gasteiger partial charge >= 0.3 is 5.97 Å². The first-order valence-corrected chi connectivity index (χ1v) is 5.83. The van der Waals surface area contributed by atoms with Crippen LogP contribution < -0.4 is 5.32 Å². The number of furan rings is 1. The van der Waals surface area contributed by atoms with Gasteiger partial charge in [-0.3, -0.25) is 4.79 Å². The van der Waals surface area contributed by atoms with E-state index < -0.39 is 5.97 Å². The fraction of sp³-hybridized carbons (Fsp3) is 0.231. The van der Waals surface area contributed by atoms with Crippen LogP contribution in [0.5, 0.6) is 0 Å². The maximum atomic E-state index is 12.1. The van der Waals surface area contributed by atoms with Crippen LogP contribution in [0.4, 0.5) is 5.69 Å². The number of aryl methyl sites for hydroxylation is 2. The Kier molecular flexibility index (Phi) is 3.41. The minimum absolute atomic E-state index is 0.0647. The summed E-state index contributed by atoms with van der Waals surface area (Å²) in [7, 11) is 0. The van der Waals surface area contributed by atoms with Gasteiger partial charge in [0.25, 0.3) is 5.91 Å². The molecular formula is C13H14N2O4. The average Bonchev–Trinajstić information content (AvgIpc) is 2.95. The van der Waals surface area contributed by atoms with Crippen molar-refractivity contribution in [3.05, 3.63) is 41.1 Å². The molecule has 0 radical (unpaired) electrons. The molecule has 0 aliphatic carbocycles. The number of hydrogen-bond donors (Lipinski definition) is 3. The Labute approximate surface area is 109 Å². The number of anilines is 1. The third-order valence-corrected chi connectivity index (χ3v) is 2.85. The molecule has 100 valence electrons. The molecule has 0 aliphatic rings. The number of aromatic carboxylic acids is 1. The summed E-state index contributed by atoms with van der Waals surface area (Å²) >= 11 is 0. The van der Waals surface area contributed by atoms with E-state index in [1.165, 1.54) is 12.5 Å². The van der Waals surface area contributed by atoms with Crippen LogP contribution in [0.25, 0.3) is 0 Å². The predicted octanol–water partition coefficient (Wildman–Crippen LogP) is 2.43. The normalized spacial score (nSPS) is 10.4. The molecule has 6 heteroatoms. The van der Waals surface area contributed by atoms with Gasteiger partial charge in [0.15, 0.2) is 0 Å². The topological polar surface area (TPSA) is 95.3 Å². The van der Waals surface area contributed by atoms with Crippen molar-refractivity contribution in [1.82, 2.24) is 4.98 Å². The second-order valence-corrected chi connectivity index (χ2v) is 4.07. The molecule has 3 N–H and O–H groups in total. The van der Waals surface area contributed by atoms with Crippen molar-refractivity contribution in [3.63, 3.8) is 0 Å². The fourth-order valence-electron chi connectivity index (χ4n) is 1.91. The molecule has 0 fully saturated rings. The lowest BCUT2D eigenvalue weighted by Gasteiger charge is -2.04. The SMILES string of the molecule is CCc1occc1C(=O)Nc1c[nH]c(C)c1C(=O)O. The summed E-state index contributed by atoms with van der Waals surface area (Å²) in [6.07, 6.45) is 3.49. The monoisotopic (exact) mass is 262 g/mol. The van der Waals surface area contributed by atoms with E-state index in [0.717, 1.165) is 0 Å². The highest BCUT2D eigenvalue weighted by Crippen LogP contribution is 2.21. The summed E-state index contributed by atoms with van der Waals surface area (Å²) in [6, 6.07) is 1.56. The van der Waals surface area contributed by atoms with Gasteiger partial charge in [-0.15, -0.1) is 0 Å². The third kappa shape index (κ3) is 2.37. The van der Waals surface area contributed by atoms with Gasteiger partial charge in [0, 0.05) is 18.3 Å². The number of amides is 1. The lowest BCUT2D eigenvalue weighted by atomic mass is 10.2. The standard InChI is InChI=1S/C13H14N2O4/c1-3-10-8(4-5-19-10)12(16)15-9-6-14-7(2)11(9)13(17)18/h4-6,14H,3H2,1-2H3,(H,15,16)(H,17,18). The molecule has 2 aromatic heterocycles. The molecular weight excluding hydrogens is 248 g/mol. The number of carboxylic acids is 1. The molecule has 2 aromatic rings. The minimum atomic E-state index is -1.09. The number of H-pyrrole nitrogens is 1. The molecule has 0 spiro atoms. The maximum absolute atomic E-state index is 12.1. The number of nitrogens with one attached hydrogen (secondary N) is 2. The van der Waals surface area contributed by atoms with Gasteiger partial charge in [0.1, 0.15) is 11.3 Å². The summed E-state index contributed by atoms with van der Waals surface area (Å²) in [5, 5.41) is 11.7. The average molecular weight is 262 g/mol. The molecule has 2 rings (SSSR count). The summed E-state index contributed by atoms with van der Waals surface area (Å²) < 4.78 is 5.17. The highest BCUT2D eigenvalue weighted by Gasteiger charge is 2.19. The van der Waals surface area contributed by atoms with Crippen LogP contribution in [-0.2, 0) is 6.42 Å². The largest absolute Gasteiger partial charge is 0.478 e. The number of carbonyl (C=O) groups excluding carboxylic acids is 1. The predicted molar refractivity (Wildman–Crippen MR) is 68.5 cm³/mol. The second kappa shape index (κ2) is 5.01. The smallest absolute Gasteiger partial charge is 0.339 e. The Morgan fingerprint density at radius 3 is 2.84 bits per heavy atom. The fourth-order valence-corrected chi connectivity index (χ4v) is 1.91. The van der Waals surface area contributed by atoms with Gasteiger partial charge in [-0.2, -0.15) is 0 Å². The van der Waals surface area contributed by atoms with E-state index in [9.17, 15) is 9.59 Å². The summed E-state index contributed by atoms with van der Waals surface area (Å²) in [4.78, 5) is 25.9. The first kappa shape index (κ1) is 12.9. The van der Waals surface area contributed by atoms with Crippen molar-refractivity contribution in [1.29, 1.82) is 0 Å². The lowest BCUT2D eigenvalue weighted by molar-refractivity contribution is 0.0697. The van der Waals surface area contributed by atoms with Gasteiger partial charge in [0.05, 0.1) is 17.5 Å². The number of aromatic nitrogens is 1. The molecule has 0 atom stereocenters. The number of aromatic amines is 1. The first-order chi connectivity index (χ1) is 9.04. The Morgan fingerprint density at radius 2 is 2.21 bits per heavy atom. The Hall–Kier alpha value is -2.50. The Morgan fingerprint density at radius 1 is 1.47 bits per heavy atom. The summed E-state index contributed by atoms with van der Waals surface area (Å²) in [6.45, 7) is 3.51. The highest BCUT2D eigenvalue weighted by atomic mass is 16.4. The minimum Gasteiger partial charge on any atom is -0.478 e. The van der Waals surface area contributed by atoms with Crippen molar-refractivity contribution in [2.24, 2.45) is 0 Å². The highest BCUT2D eigenvalue weighted by molar-refractivity contribution is 6.08. The quantitative estimate of drug-likeness (QED) is 0.788. The molecule has 0 saturated heterocycles. The molecule has 6 nitrogen and oxygen atoms in total. The van der Waals surface area contributed by atoms with Crippen LogP contribution in [0.15, 0.2) is 22.9 Å². The van der Waals surface area contributed by atoms with Gasteiger partial charge in [-0.1, -0.05) is 6.92 Å². The molecule has 0 bridgehead atoms. The van der Waals surface area contributed by atoms with Crippen molar-refractivity contribution in [2.45, 2.75) is 20.3 Å². The second-order valence-electron chi connectivity index (χ2n) is 4.07. The van der Waals surface area contributed by atoms with Crippen LogP contribution in [-0.4, -0.2) is 22.0 Å². The van der Waals surface area contributed by atoms with E-state index >= 15 is 0 Å². The van der Waals surface area contributed by atoms with Crippen molar-refractivity contribution in [3.8, 4) is 0 Å². The van der Waals surface area contributed by atoms with Crippen molar-refractivity contribution < 1.29 is 19.1 Å². The van der Waals surface area contributed by atoms with Gasteiger partial charge in [-0.25, -0.2) is 4.79 Å². The van der Waals surface area contributed by atoms with Crippen molar-refractivity contribution >= 4 is 17.6 Å². The van der Waals surface area contributed by atoms with E-state index in [1.54, 1.807) is 13.0 Å². The van der Waals surface area contributed by atoms with Crippen molar-refractivity contribution in [2.75, 3.05) is 5.32 Å². The van der Waals surface area contributed by atoms with Crippen LogP contribution >= 0.6 is 0 Å². The molecule has 0 aromatic carbocycles. The van der Waals surface area contributed by atoms with E-state index in [1.807, 2.05) is 6.92 Å². The van der Waals surface area contributed by atoms with Gasteiger partial charge < -0.3 is 19.8 Å². The van der Waals surface area contributed by atoms with Crippen LogP contribution in [0, 0.1) is 6.92 Å². The molecule has 0 unspecified atom stereocenters. The van der Waals surface area contributed by atoms with E-state index in [4.69, 9.17) is 9.52 Å². The number of rotatable bonds is 4. The van der Waals surface area contributed by atoms with Gasteiger partial charge in [0.2, 0.25) is 0 Å². The lowest BCUT2D eigenvalue weighted by Crippen LogP contribution is -2.14. The molecule has 0 saturated carbocycles. The zero-order valence-corrected chi connectivity index (χ0v) is 10.6. The zero-order valence-electron chi connectivity index (χ0n) is 10.6. The number of hydrogen-bond acceptors (Lipinski definition) is 3. The third-order valence-electron chi connectivity index (χ3n) is 2.85. The molecule has 1 amide bonds. The Balaban J connectivity index is 2.27. The number of carboxylic acid groups (broad SMARTS) is 1. The van der Waals surface area contributed by atoms with E-state index in [-0.39, 0.29) is 17.2 Å². The van der Waals surface area contributed by atoms with Crippen LogP contribution in [0.1, 0.15) is 39.1 Å². The molecule has 0 aliphatic heterocycles. The van der Waals surface area contributed by atoms with E-state index in [2.05, 4.69) is 10.3 Å². The van der Waals surface area contributed by atoms with E-state index in [0.29, 0.717) is 23.4 Å². The first-order valence-electron chi connectivity index (χ1n) is 5.83. The zero-order chi connectivity index (χ0) is 14.0. The number of carbonyl (C=O) groups is 2. The van der Waals surface area contributed by atoms with Crippen LogP contribution in [0.3, 0.4) is 0 Å². The maximum Gasteiger partial charge on any atom is 0.339 e. The summed E-state index contributed by atoms with van der Waals surface area (Å²) in [5.74, 6) is -0.898. The molecule has 2 heterocycles. The molecule has 19 heavy (non-hydrogen) atoms. The summed E-state index contributed by atoms with van der Waals surface area (Å²) in [5.41, 5.74) is 1.22. The van der Waals surface area contributed by atoms with Gasteiger partial charge in [-0.05, 0) is 13.0 Å².